The van der Waals surface area contributed by atoms with E-state index in [9.17, 15) is 0 Å². The van der Waals surface area contributed by atoms with Gasteiger partial charge in [0.1, 0.15) is 0 Å². The van der Waals surface area contributed by atoms with E-state index in [4.69, 9.17) is 0 Å². The molecule has 0 saturated heterocycles. The van der Waals surface area contributed by atoms with Gasteiger partial charge in [-0.3, -0.25) is 0 Å². The molecule has 0 aliphatic heterocycles. The second-order valence-electron chi connectivity index (χ2n) is 2.01. The molecule has 0 unspecified atom stereocenters. The van der Waals surface area contributed by atoms with Crippen molar-refractivity contribution in [2.75, 3.05) is 0 Å². The average molecular weight is 110 g/mol. The SMILES string of the molecule is C=C/C=C\[C@@H](C)CC. The number of hydrogen-bond donors (Lipinski definition) is 0. The summed E-state index contributed by atoms with van der Waals surface area (Å²) >= 11 is 0. The molecule has 0 aliphatic carbocycles. The molecule has 0 aliphatic rings. The summed E-state index contributed by atoms with van der Waals surface area (Å²) in [7, 11) is 0. The van der Waals surface area contributed by atoms with Crippen LogP contribution in [0.1, 0.15) is 20.3 Å². The van der Waals surface area contributed by atoms with E-state index in [1.165, 1.54) is 6.42 Å². The Bertz CT molecular complexity index is 80.0. The third kappa shape index (κ3) is 3.66. The van der Waals surface area contributed by atoms with Crippen molar-refractivity contribution >= 4 is 0 Å². The van der Waals surface area contributed by atoms with Gasteiger partial charge in [0.25, 0.3) is 0 Å². The lowest BCUT2D eigenvalue weighted by Crippen LogP contribution is -1.82. The Balaban J connectivity index is 3.35. The molecular weight excluding hydrogens is 96.1 g/mol. The summed E-state index contributed by atoms with van der Waals surface area (Å²) in [6.45, 7) is 7.95. The Morgan fingerprint density at radius 3 is 2.62 bits per heavy atom. The van der Waals surface area contributed by atoms with E-state index in [0.717, 1.165) is 0 Å². The van der Waals surface area contributed by atoms with Crippen LogP contribution in [0.5, 0.6) is 0 Å². The molecule has 0 nitrogen and oxygen atoms in total. The first-order valence-corrected chi connectivity index (χ1v) is 3.10. The molecule has 0 aromatic rings. The van der Waals surface area contributed by atoms with Crippen LogP contribution < -0.4 is 0 Å². The lowest BCUT2D eigenvalue weighted by molar-refractivity contribution is 0.698. The molecule has 0 heterocycles. The monoisotopic (exact) mass is 110 g/mol. The first-order valence-electron chi connectivity index (χ1n) is 3.10. The van der Waals surface area contributed by atoms with Crippen LogP contribution in [-0.4, -0.2) is 0 Å². The molecule has 0 amide bonds. The summed E-state index contributed by atoms with van der Waals surface area (Å²) in [5, 5.41) is 0. The van der Waals surface area contributed by atoms with Crippen molar-refractivity contribution in [3.8, 4) is 0 Å². The van der Waals surface area contributed by atoms with Gasteiger partial charge in [0.05, 0.1) is 0 Å². The van der Waals surface area contributed by atoms with Gasteiger partial charge in [-0.25, -0.2) is 0 Å². The van der Waals surface area contributed by atoms with Crippen molar-refractivity contribution in [2.45, 2.75) is 20.3 Å². The molecule has 0 N–H and O–H groups in total. The number of rotatable bonds is 3. The smallest absolute Gasteiger partial charge is 0.0261 e. The van der Waals surface area contributed by atoms with Crippen LogP contribution in [0.2, 0.25) is 0 Å². The minimum Gasteiger partial charge on any atom is -0.0991 e. The minimum absolute atomic E-state index is 0.702. The van der Waals surface area contributed by atoms with Crippen molar-refractivity contribution in [2.24, 2.45) is 5.92 Å². The van der Waals surface area contributed by atoms with Crippen molar-refractivity contribution in [3.63, 3.8) is 0 Å². The molecule has 0 bridgehead atoms. The van der Waals surface area contributed by atoms with Crippen molar-refractivity contribution in [1.82, 2.24) is 0 Å². The normalized spacial score (nSPS) is 14.2. The van der Waals surface area contributed by atoms with Crippen molar-refractivity contribution < 1.29 is 0 Å². The molecule has 1 atom stereocenters. The highest BCUT2D eigenvalue weighted by atomic mass is 13.9. The van der Waals surface area contributed by atoms with E-state index >= 15 is 0 Å². The highest BCUT2D eigenvalue weighted by Gasteiger charge is 1.86. The van der Waals surface area contributed by atoms with Crippen LogP contribution in [0.3, 0.4) is 0 Å². The highest BCUT2D eigenvalue weighted by Crippen LogP contribution is 2.00. The number of allylic oxidation sites excluding steroid dienone is 3. The summed E-state index contributed by atoms with van der Waals surface area (Å²) in [6.07, 6.45) is 7.18. The third-order valence-corrected chi connectivity index (χ3v) is 1.22. The minimum atomic E-state index is 0.702. The second kappa shape index (κ2) is 4.63. The van der Waals surface area contributed by atoms with Crippen molar-refractivity contribution in [1.29, 1.82) is 0 Å². The Morgan fingerprint density at radius 1 is 1.62 bits per heavy atom. The fourth-order valence-electron chi connectivity index (χ4n) is 0.404. The first-order chi connectivity index (χ1) is 3.81. The molecular formula is C8H14. The molecule has 0 aromatic carbocycles. The van der Waals surface area contributed by atoms with Gasteiger partial charge in [0, 0.05) is 0 Å². The maximum atomic E-state index is 3.58. The topological polar surface area (TPSA) is 0 Å². The van der Waals surface area contributed by atoms with Crippen LogP contribution in [0.15, 0.2) is 24.8 Å². The van der Waals surface area contributed by atoms with Gasteiger partial charge in [-0.2, -0.15) is 0 Å². The fraction of sp³-hybridized carbons (Fsp3) is 0.500. The zero-order chi connectivity index (χ0) is 6.41. The van der Waals surface area contributed by atoms with E-state index in [-0.39, 0.29) is 0 Å². The van der Waals surface area contributed by atoms with E-state index in [2.05, 4.69) is 26.5 Å². The molecule has 8 heavy (non-hydrogen) atoms. The predicted molar refractivity (Wildman–Crippen MR) is 38.8 cm³/mol. The molecule has 0 fully saturated rings. The van der Waals surface area contributed by atoms with Gasteiger partial charge in [0.15, 0.2) is 0 Å². The number of hydrogen-bond acceptors (Lipinski definition) is 0. The summed E-state index contributed by atoms with van der Waals surface area (Å²) < 4.78 is 0. The quantitative estimate of drug-likeness (QED) is 0.490. The van der Waals surface area contributed by atoms with Gasteiger partial charge in [0.2, 0.25) is 0 Å². The average Bonchev–Trinajstić information content (AvgIpc) is 1.83. The summed E-state index contributed by atoms with van der Waals surface area (Å²) in [4.78, 5) is 0. The van der Waals surface area contributed by atoms with E-state index < -0.39 is 0 Å². The highest BCUT2D eigenvalue weighted by molar-refractivity contribution is 4.98. The molecule has 0 saturated carbocycles. The van der Waals surface area contributed by atoms with E-state index in [1.807, 2.05) is 12.2 Å². The van der Waals surface area contributed by atoms with Gasteiger partial charge < -0.3 is 0 Å². The van der Waals surface area contributed by atoms with Gasteiger partial charge >= 0.3 is 0 Å². The summed E-state index contributed by atoms with van der Waals surface area (Å²) in [5.41, 5.74) is 0. The zero-order valence-electron chi connectivity index (χ0n) is 5.72. The fourth-order valence-corrected chi connectivity index (χ4v) is 0.404. The Hall–Kier alpha value is -0.520. The lowest BCUT2D eigenvalue weighted by atomic mass is 10.1. The maximum absolute atomic E-state index is 3.58. The Kier molecular flexibility index (Phi) is 4.33. The molecule has 46 valence electrons. The van der Waals surface area contributed by atoms with Gasteiger partial charge in [-0.05, 0) is 5.92 Å². The molecule has 0 spiro atoms. The zero-order valence-corrected chi connectivity index (χ0v) is 5.72. The van der Waals surface area contributed by atoms with E-state index in [1.54, 1.807) is 0 Å². The Morgan fingerprint density at radius 2 is 2.25 bits per heavy atom. The van der Waals surface area contributed by atoms with Crippen LogP contribution >= 0.6 is 0 Å². The molecule has 0 aromatic heterocycles. The maximum Gasteiger partial charge on any atom is -0.0261 e. The third-order valence-electron chi connectivity index (χ3n) is 1.22. The molecule has 0 radical (unpaired) electrons. The van der Waals surface area contributed by atoms with E-state index in [0.29, 0.717) is 5.92 Å². The van der Waals surface area contributed by atoms with Crippen LogP contribution in [-0.2, 0) is 0 Å². The largest absolute Gasteiger partial charge is 0.0991 e. The molecule has 0 rings (SSSR count). The molecule has 0 heteroatoms. The second-order valence-corrected chi connectivity index (χ2v) is 2.01. The van der Waals surface area contributed by atoms with Gasteiger partial charge in [-0.15, -0.1) is 0 Å². The van der Waals surface area contributed by atoms with Gasteiger partial charge in [-0.1, -0.05) is 45.1 Å². The first kappa shape index (κ1) is 7.48. The Labute approximate surface area is 51.9 Å². The van der Waals surface area contributed by atoms with Crippen LogP contribution in [0.25, 0.3) is 0 Å². The van der Waals surface area contributed by atoms with Crippen LogP contribution in [0, 0.1) is 5.92 Å². The lowest BCUT2D eigenvalue weighted by Gasteiger charge is -1.95. The summed E-state index contributed by atoms with van der Waals surface area (Å²) in [5.74, 6) is 0.702. The standard InChI is InChI=1S/C8H14/c1-4-6-7-8(3)5-2/h4,6-8H,1,5H2,2-3H3/b7-6-/t8-/m0/s1. The van der Waals surface area contributed by atoms with Crippen LogP contribution in [0.4, 0.5) is 0 Å². The summed E-state index contributed by atoms with van der Waals surface area (Å²) in [6, 6.07) is 0. The van der Waals surface area contributed by atoms with Crippen molar-refractivity contribution in [3.05, 3.63) is 24.8 Å². The predicted octanol–water partition coefficient (Wildman–Crippen LogP) is 2.77.